The van der Waals surface area contributed by atoms with Crippen molar-refractivity contribution in [2.75, 3.05) is 27.2 Å². The van der Waals surface area contributed by atoms with E-state index in [2.05, 4.69) is 10.3 Å². The average molecular weight is 343 g/mol. The summed E-state index contributed by atoms with van der Waals surface area (Å²) in [7, 11) is 3.14. The van der Waals surface area contributed by atoms with Crippen LogP contribution in [-0.2, 0) is 10.2 Å². The van der Waals surface area contributed by atoms with Gasteiger partial charge in [-0.05, 0) is 31.5 Å². The van der Waals surface area contributed by atoms with Crippen molar-refractivity contribution in [3.8, 4) is 0 Å². The van der Waals surface area contributed by atoms with Crippen molar-refractivity contribution in [3.05, 3.63) is 35.0 Å². The predicted octanol–water partition coefficient (Wildman–Crippen LogP) is 2.43. The Bertz CT molecular complexity index is 809. The van der Waals surface area contributed by atoms with Gasteiger partial charge < -0.3 is 15.2 Å². The first-order chi connectivity index (χ1) is 11.3. The van der Waals surface area contributed by atoms with Crippen molar-refractivity contribution in [2.24, 2.45) is 0 Å². The molecule has 0 bridgehead atoms. The Hall–Kier alpha value is -2.09. The summed E-state index contributed by atoms with van der Waals surface area (Å²) in [4.78, 5) is 16.7. The van der Waals surface area contributed by atoms with Crippen LogP contribution in [0.1, 0.15) is 18.4 Å². The molecule has 0 spiro atoms. The number of benzene rings is 1. The molecule has 1 amide bonds. The third kappa shape index (κ3) is 2.20. The summed E-state index contributed by atoms with van der Waals surface area (Å²) in [6.45, 7) is 1.00. The van der Waals surface area contributed by atoms with Gasteiger partial charge in [-0.2, -0.15) is 0 Å². The van der Waals surface area contributed by atoms with E-state index in [9.17, 15) is 22.4 Å². The van der Waals surface area contributed by atoms with E-state index in [0.717, 1.165) is 0 Å². The summed E-state index contributed by atoms with van der Waals surface area (Å²) in [6.07, 6.45) is 1.97. The molecule has 0 unspecified atom stereocenters. The highest BCUT2D eigenvalue weighted by molar-refractivity contribution is 5.95. The fourth-order valence-corrected chi connectivity index (χ4v) is 3.49. The molecule has 1 saturated heterocycles. The van der Waals surface area contributed by atoms with Crippen LogP contribution < -0.4 is 5.32 Å². The standard InChI is InChI=1S/C16H17F4N3O/c1-23(2)15(24)16(3-5-21-6-4-16)8-7-22-14-9(8)10(17)11(18)12(19)13(14)20/h7,21-22H,3-6H2,1-2H3. The zero-order valence-corrected chi connectivity index (χ0v) is 13.3. The number of nitrogens with zero attached hydrogens (tertiary/aromatic N) is 1. The number of amides is 1. The van der Waals surface area contributed by atoms with Crippen LogP contribution in [0.3, 0.4) is 0 Å². The van der Waals surface area contributed by atoms with Crippen molar-refractivity contribution in [1.82, 2.24) is 15.2 Å². The summed E-state index contributed by atoms with van der Waals surface area (Å²) in [5.41, 5.74) is -1.43. The maximum absolute atomic E-state index is 14.4. The first-order valence-corrected chi connectivity index (χ1v) is 7.57. The molecule has 8 heteroatoms. The van der Waals surface area contributed by atoms with Crippen LogP contribution in [0.2, 0.25) is 0 Å². The second-order valence-electron chi connectivity index (χ2n) is 6.24. The van der Waals surface area contributed by atoms with Gasteiger partial charge in [0.05, 0.1) is 10.9 Å². The third-order valence-corrected chi connectivity index (χ3v) is 4.69. The van der Waals surface area contributed by atoms with Gasteiger partial charge in [0.15, 0.2) is 23.3 Å². The van der Waals surface area contributed by atoms with Crippen LogP contribution in [-0.4, -0.2) is 43.0 Å². The zero-order valence-electron chi connectivity index (χ0n) is 13.3. The summed E-state index contributed by atoms with van der Waals surface area (Å²) in [6, 6.07) is 0. The molecular formula is C16H17F4N3O. The number of aromatic amines is 1. The summed E-state index contributed by atoms with van der Waals surface area (Å²) in [5.74, 6) is -7.00. The Balaban J connectivity index is 2.32. The molecule has 0 atom stereocenters. The molecule has 2 N–H and O–H groups in total. The molecule has 2 aromatic rings. The minimum absolute atomic E-state index is 0.160. The van der Waals surface area contributed by atoms with Crippen molar-refractivity contribution < 1.29 is 22.4 Å². The summed E-state index contributed by atoms with van der Waals surface area (Å²) in [5, 5.41) is 2.71. The van der Waals surface area contributed by atoms with Gasteiger partial charge in [0, 0.05) is 25.7 Å². The highest BCUT2D eigenvalue weighted by Gasteiger charge is 2.45. The van der Waals surface area contributed by atoms with Gasteiger partial charge in [-0.3, -0.25) is 4.79 Å². The average Bonchev–Trinajstić information content (AvgIpc) is 3.03. The molecule has 0 radical (unpaired) electrons. The fraction of sp³-hybridized carbons (Fsp3) is 0.438. The number of halogens is 4. The van der Waals surface area contributed by atoms with E-state index < -0.39 is 39.6 Å². The van der Waals surface area contributed by atoms with Gasteiger partial charge in [-0.1, -0.05) is 0 Å². The van der Waals surface area contributed by atoms with E-state index in [1.165, 1.54) is 11.1 Å². The van der Waals surface area contributed by atoms with Crippen LogP contribution in [0, 0.1) is 23.3 Å². The molecule has 1 fully saturated rings. The number of likely N-dealkylation sites (N-methyl/N-ethyl adjacent to an activating group) is 1. The van der Waals surface area contributed by atoms with E-state index in [0.29, 0.717) is 25.9 Å². The molecule has 3 rings (SSSR count). The molecule has 1 aliphatic rings. The highest BCUT2D eigenvalue weighted by atomic mass is 19.2. The first kappa shape index (κ1) is 16.8. The molecule has 4 nitrogen and oxygen atoms in total. The number of hydrogen-bond donors (Lipinski definition) is 2. The third-order valence-electron chi connectivity index (χ3n) is 4.69. The number of H-pyrrole nitrogens is 1. The Morgan fingerprint density at radius 3 is 2.21 bits per heavy atom. The lowest BCUT2D eigenvalue weighted by molar-refractivity contribution is -0.135. The predicted molar refractivity (Wildman–Crippen MR) is 80.6 cm³/mol. The van der Waals surface area contributed by atoms with E-state index in [1.54, 1.807) is 14.1 Å². The monoisotopic (exact) mass is 343 g/mol. The number of rotatable bonds is 2. The fourth-order valence-electron chi connectivity index (χ4n) is 3.49. The van der Waals surface area contributed by atoms with Gasteiger partial charge in [-0.15, -0.1) is 0 Å². The number of piperidine rings is 1. The van der Waals surface area contributed by atoms with Crippen molar-refractivity contribution in [2.45, 2.75) is 18.3 Å². The van der Waals surface area contributed by atoms with E-state index in [-0.39, 0.29) is 11.5 Å². The van der Waals surface area contributed by atoms with Crippen LogP contribution in [0.4, 0.5) is 17.6 Å². The Morgan fingerprint density at radius 2 is 1.62 bits per heavy atom. The second kappa shape index (κ2) is 5.77. The van der Waals surface area contributed by atoms with E-state index in [1.807, 2.05) is 0 Å². The summed E-state index contributed by atoms with van der Waals surface area (Å²) < 4.78 is 55.5. The summed E-state index contributed by atoms with van der Waals surface area (Å²) >= 11 is 0. The molecule has 24 heavy (non-hydrogen) atoms. The number of aromatic nitrogens is 1. The van der Waals surface area contributed by atoms with E-state index in [4.69, 9.17) is 0 Å². The number of fused-ring (bicyclic) bond motifs is 1. The number of nitrogens with one attached hydrogen (secondary N) is 2. The molecule has 1 aromatic carbocycles. The Labute approximate surface area is 135 Å². The molecule has 1 aromatic heterocycles. The number of carbonyl (C=O) groups excluding carboxylic acids is 1. The van der Waals surface area contributed by atoms with Crippen LogP contribution in [0.15, 0.2) is 6.20 Å². The topological polar surface area (TPSA) is 48.1 Å². The minimum Gasteiger partial charge on any atom is -0.358 e. The van der Waals surface area contributed by atoms with Gasteiger partial charge in [0.25, 0.3) is 0 Å². The Kier molecular flexibility index (Phi) is 4.03. The molecule has 130 valence electrons. The van der Waals surface area contributed by atoms with Gasteiger partial charge >= 0.3 is 0 Å². The highest BCUT2D eigenvalue weighted by Crippen LogP contribution is 2.41. The molecule has 1 aliphatic heterocycles. The Morgan fingerprint density at radius 1 is 1.04 bits per heavy atom. The van der Waals surface area contributed by atoms with Crippen LogP contribution in [0.25, 0.3) is 10.9 Å². The lowest BCUT2D eigenvalue weighted by atomic mass is 9.72. The van der Waals surface area contributed by atoms with Crippen molar-refractivity contribution in [3.63, 3.8) is 0 Å². The quantitative estimate of drug-likeness (QED) is 0.500. The minimum atomic E-state index is -1.87. The largest absolute Gasteiger partial charge is 0.358 e. The number of hydrogen-bond acceptors (Lipinski definition) is 2. The van der Waals surface area contributed by atoms with Gasteiger partial charge in [-0.25, -0.2) is 17.6 Å². The normalized spacial score (nSPS) is 17.2. The molecule has 0 saturated carbocycles. The molecule has 0 aliphatic carbocycles. The zero-order chi connectivity index (χ0) is 17.6. The maximum Gasteiger partial charge on any atom is 0.232 e. The maximum atomic E-state index is 14.4. The van der Waals surface area contributed by atoms with Crippen molar-refractivity contribution in [1.29, 1.82) is 0 Å². The van der Waals surface area contributed by atoms with Crippen LogP contribution in [0.5, 0.6) is 0 Å². The van der Waals surface area contributed by atoms with Crippen molar-refractivity contribution >= 4 is 16.8 Å². The number of carbonyl (C=O) groups is 1. The first-order valence-electron chi connectivity index (χ1n) is 7.57. The second-order valence-corrected chi connectivity index (χ2v) is 6.24. The van der Waals surface area contributed by atoms with Gasteiger partial charge in [0.1, 0.15) is 0 Å². The molecular weight excluding hydrogens is 326 g/mol. The van der Waals surface area contributed by atoms with Gasteiger partial charge in [0.2, 0.25) is 5.91 Å². The molecule has 2 heterocycles. The SMILES string of the molecule is CN(C)C(=O)C1(c2c[nH]c3c(F)c(F)c(F)c(F)c23)CCNCC1. The lowest BCUT2D eigenvalue weighted by Gasteiger charge is -2.38. The van der Waals surface area contributed by atoms with Crippen LogP contribution >= 0.6 is 0 Å². The smallest absolute Gasteiger partial charge is 0.232 e. The lowest BCUT2D eigenvalue weighted by Crippen LogP contribution is -2.50. The van der Waals surface area contributed by atoms with E-state index >= 15 is 0 Å².